The molecule has 0 saturated heterocycles. The van der Waals surface area contributed by atoms with E-state index in [1.165, 1.54) is 0 Å². The maximum Gasteiger partial charge on any atom is 0.262 e. The molecule has 0 radical (unpaired) electrons. The minimum absolute atomic E-state index is 0.0876. The van der Waals surface area contributed by atoms with Crippen LogP contribution in [0.1, 0.15) is 76.0 Å². The number of ketones is 2. The summed E-state index contributed by atoms with van der Waals surface area (Å²) in [6.45, 7) is 12.4. The Morgan fingerprint density at radius 1 is 0.930 bits per heavy atom. The van der Waals surface area contributed by atoms with Gasteiger partial charge in [-0.2, -0.15) is 0 Å². The highest BCUT2D eigenvalue weighted by Crippen LogP contribution is 2.54. The lowest BCUT2D eigenvalue weighted by Crippen LogP contribution is -2.43. The van der Waals surface area contributed by atoms with Crippen LogP contribution in [0.2, 0.25) is 0 Å². The molecule has 2 aliphatic carbocycles. The van der Waals surface area contributed by atoms with E-state index in [0.29, 0.717) is 41.2 Å². The number of nitrogens with zero attached hydrogens (tertiary/aromatic N) is 1. The van der Waals surface area contributed by atoms with Crippen LogP contribution in [0.3, 0.4) is 0 Å². The number of hydrogen-bond acceptors (Lipinski definition) is 6. The number of nitrogens with one attached hydrogen (secondary N) is 1. The summed E-state index contributed by atoms with van der Waals surface area (Å²) in [5.41, 5.74) is 6.90. The molecule has 1 amide bonds. The van der Waals surface area contributed by atoms with Crippen molar-refractivity contribution >= 4 is 45.8 Å². The van der Waals surface area contributed by atoms with Gasteiger partial charge in [-0.25, -0.2) is 0 Å². The lowest BCUT2D eigenvalue weighted by atomic mass is 9.64. The molecular weight excluding hydrogens is 655 g/mol. The highest BCUT2D eigenvalue weighted by molar-refractivity contribution is 14.1. The Kier molecular flexibility index (Phi) is 8.31. The fourth-order valence-corrected chi connectivity index (χ4v) is 7.48. The molecule has 7 nitrogen and oxygen atoms in total. The summed E-state index contributed by atoms with van der Waals surface area (Å²) in [6, 6.07) is 9.60. The van der Waals surface area contributed by atoms with E-state index in [2.05, 4.69) is 60.5 Å². The summed E-state index contributed by atoms with van der Waals surface area (Å²) in [5.74, 6) is 0.324. The second kappa shape index (κ2) is 11.4. The molecule has 5 rings (SSSR count). The van der Waals surface area contributed by atoms with Gasteiger partial charge in [0.25, 0.3) is 5.91 Å². The fraction of sp³-hybridized carbons (Fsp3) is 0.457. The third kappa shape index (κ3) is 6.12. The van der Waals surface area contributed by atoms with E-state index < -0.39 is 5.92 Å². The number of Topliss-reactive ketones (excluding diaryl/α,β-unsaturated/α-hetero) is 2. The van der Waals surface area contributed by atoms with Gasteiger partial charge in [-0.15, -0.1) is 0 Å². The number of carbonyl (C=O) groups excluding carboxylic acids is 3. The van der Waals surface area contributed by atoms with Crippen molar-refractivity contribution in [1.29, 1.82) is 0 Å². The number of allylic oxidation sites excluding steroid dienone is 4. The molecular formula is C35H41IN2O5. The molecule has 2 aromatic carbocycles. The molecule has 0 atom stereocenters. The molecule has 0 aromatic heterocycles. The molecule has 0 bridgehead atoms. The van der Waals surface area contributed by atoms with Gasteiger partial charge in [-0.1, -0.05) is 33.8 Å². The smallest absolute Gasteiger partial charge is 0.262 e. The number of aryl methyl sites for hydroxylation is 2. The van der Waals surface area contributed by atoms with Gasteiger partial charge in [0.1, 0.15) is 0 Å². The predicted molar refractivity (Wildman–Crippen MR) is 176 cm³/mol. The monoisotopic (exact) mass is 696 g/mol. The van der Waals surface area contributed by atoms with Gasteiger partial charge in [-0.05, 0) is 101 Å². The third-order valence-electron chi connectivity index (χ3n) is 8.90. The lowest BCUT2D eigenvalue weighted by Gasteiger charge is -2.48. The van der Waals surface area contributed by atoms with Gasteiger partial charge in [0.05, 0.1) is 10.7 Å². The van der Waals surface area contributed by atoms with E-state index >= 15 is 0 Å². The topological polar surface area (TPSA) is 84.9 Å². The summed E-state index contributed by atoms with van der Waals surface area (Å²) < 4.78 is 12.5. The van der Waals surface area contributed by atoms with Gasteiger partial charge >= 0.3 is 0 Å². The van der Waals surface area contributed by atoms with Crippen LogP contribution in [0.25, 0.3) is 0 Å². The standard InChI is InChI=1S/C35H41IN2O5/c1-19-9-10-22(11-20(19)2)37-29(41)18-43-33-23(36)12-21(13-28(33)42-8)30-31-24(14-34(3,4)16-26(31)39)38(7)25-15-35(5,6)17-27(40)32(25)30/h9-13,30H,14-18H2,1-8H3,(H,37,41). The number of halogens is 1. The van der Waals surface area contributed by atoms with Crippen molar-refractivity contribution in [3.05, 3.63) is 73.1 Å². The zero-order chi connectivity index (χ0) is 31.4. The van der Waals surface area contributed by atoms with Gasteiger partial charge in [0, 0.05) is 54.0 Å². The largest absolute Gasteiger partial charge is 0.493 e. The molecule has 1 heterocycles. The molecule has 1 N–H and O–H groups in total. The van der Waals surface area contributed by atoms with E-state index in [9.17, 15) is 14.4 Å². The number of ether oxygens (including phenoxy) is 2. The molecule has 0 saturated carbocycles. The Balaban J connectivity index is 1.52. The van der Waals surface area contributed by atoms with Crippen molar-refractivity contribution < 1.29 is 23.9 Å². The van der Waals surface area contributed by atoms with E-state index in [-0.39, 0.29) is 34.9 Å². The van der Waals surface area contributed by atoms with Crippen molar-refractivity contribution in [2.45, 2.75) is 73.1 Å². The van der Waals surface area contributed by atoms with Gasteiger partial charge in [0.15, 0.2) is 29.7 Å². The van der Waals surface area contributed by atoms with Crippen LogP contribution in [0.4, 0.5) is 5.69 Å². The van der Waals surface area contributed by atoms with Gasteiger partial charge in [-0.3, -0.25) is 14.4 Å². The zero-order valence-electron chi connectivity index (χ0n) is 26.4. The molecule has 43 heavy (non-hydrogen) atoms. The van der Waals surface area contributed by atoms with Crippen molar-refractivity contribution in [2.75, 3.05) is 26.1 Å². The minimum atomic E-state index is -0.474. The number of methoxy groups -OCH3 is 1. The Hall–Kier alpha value is -3.14. The number of carbonyl (C=O) groups is 3. The Morgan fingerprint density at radius 2 is 1.51 bits per heavy atom. The maximum absolute atomic E-state index is 13.8. The predicted octanol–water partition coefficient (Wildman–Crippen LogP) is 7.25. The summed E-state index contributed by atoms with van der Waals surface area (Å²) in [7, 11) is 3.57. The highest BCUT2D eigenvalue weighted by Gasteiger charge is 2.48. The average Bonchev–Trinajstić information content (AvgIpc) is 2.89. The highest BCUT2D eigenvalue weighted by atomic mass is 127. The zero-order valence-corrected chi connectivity index (χ0v) is 28.5. The number of benzene rings is 2. The Bertz CT molecular complexity index is 1550. The van der Waals surface area contributed by atoms with Crippen LogP contribution in [0.15, 0.2) is 52.9 Å². The molecule has 0 spiro atoms. The second-order valence-corrected chi connectivity index (χ2v) is 14.9. The van der Waals surface area contributed by atoms with Crippen molar-refractivity contribution in [3.63, 3.8) is 0 Å². The molecule has 3 aliphatic rings. The first-order valence-corrected chi connectivity index (χ1v) is 15.8. The maximum atomic E-state index is 13.8. The van der Waals surface area contributed by atoms with Gasteiger partial charge in [0.2, 0.25) is 0 Å². The third-order valence-corrected chi connectivity index (χ3v) is 9.70. The van der Waals surface area contributed by atoms with E-state index in [1.54, 1.807) is 7.11 Å². The Labute approximate surface area is 268 Å². The minimum Gasteiger partial charge on any atom is -0.493 e. The summed E-state index contributed by atoms with van der Waals surface area (Å²) in [6.07, 6.45) is 2.39. The summed E-state index contributed by atoms with van der Waals surface area (Å²) in [5, 5.41) is 2.89. The van der Waals surface area contributed by atoms with E-state index in [0.717, 1.165) is 44.5 Å². The first-order valence-electron chi connectivity index (χ1n) is 14.7. The molecule has 0 fully saturated rings. The number of amides is 1. The Morgan fingerprint density at radius 3 is 2.05 bits per heavy atom. The van der Waals surface area contributed by atoms with Crippen LogP contribution < -0.4 is 14.8 Å². The van der Waals surface area contributed by atoms with Crippen LogP contribution in [-0.4, -0.2) is 43.1 Å². The average molecular weight is 697 g/mol. The number of anilines is 1. The van der Waals surface area contributed by atoms with Crippen molar-refractivity contribution in [2.24, 2.45) is 10.8 Å². The molecule has 228 valence electrons. The first kappa shape index (κ1) is 31.3. The van der Waals surface area contributed by atoms with Gasteiger partial charge < -0.3 is 19.7 Å². The van der Waals surface area contributed by atoms with Crippen LogP contribution in [-0.2, 0) is 14.4 Å². The summed E-state index contributed by atoms with van der Waals surface area (Å²) >= 11 is 2.18. The molecule has 2 aromatic rings. The SMILES string of the molecule is COc1cc(C2C3=C(CC(C)(C)CC3=O)N(C)C3=C2C(=O)CC(C)(C)C3)cc(I)c1OCC(=O)Nc1ccc(C)c(C)c1. The lowest BCUT2D eigenvalue weighted by molar-refractivity contribution is -0.120. The number of hydrogen-bond donors (Lipinski definition) is 1. The fourth-order valence-electron chi connectivity index (χ4n) is 6.70. The quantitative estimate of drug-likeness (QED) is 0.321. The first-order chi connectivity index (χ1) is 20.1. The molecule has 1 aliphatic heterocycles. The number of rotatable bonds is 6. The van der Waals surface area contributed by atoms with Crippen molar-refractivity contribution in [3.8, 4) is 11.5 Å². The van der Waals surface area contributed by atoms with Crippen molar-refractivity contribution in [1.82, 2.24) is 4.90 Å². The van der Waals surface area contributed by atoms with E-state index in [4.69, 9.17) is 9.47 Å². The van der Waals surface area contributed by atoms with E-state index in [1.807, 2.05) is 51.2 Å². The normalized spacial score (nSPS) is 19.7. The molecule has 8 heteroatoms. The summed E-state index contributed by atoms with van der Waals surface area (Å²) in [4.78, 5) is 42.6. The molecule has 0 unspecified atom stereocenters. The van der Waals surface area contributed by atoms with Crippen LogP contribution in [0.5, 0.6) is 11.5 Å². The van der Waals surface area contributed by atoms with Crippen LogP contribution in [0, 0.1) is 28.2 Å². The second-order valence-electron chi connectivity index (χ2n) is 13.8. The van der Waals surface area contributed by atoms with Crippen LogP contribution >= 0.6 is 22.6 Å².